The summed E-state index contributed by atoms with van der Waals surface area (Å²) in [4.78, 5) is 40.1. The van der Waals surface area contributed by atoms with E-state index >= 15 is 0 Å². The number of thioether (sulfide) groups is 1. The third-order valence-corrected chi connectivity index (χ3v) is 7.26. The molecule has 0 bridgehead atoms. The van der Waals surface area contributed by atoms with Gasteiger partial charge in [-0.2, -0.15) is 0 Å². The monoisotopic (exact) mass is 573 g/mol. The molecule has 8 heteroatoms. The van der Waals surface area contributed by atoms with Gasteiger partial charge in [-0.15, -0.1) is 0 Å². The number of nitrogens with zero attached hydrogens (tertiary/aromatic N) is 1. The zero-order valence-corrected chi connectivity index (χ0v) is 22.0. The van der Waals surface area contributed by atoms with E-state index in [9.17, 15) is 14.4 Å². The van der Waals surface area contributed by atoms with Crippen molar-refractivity contribution in [2.24, 2.45) is 0 Å². The van der Waals surface area contributed by atoms with E-state index in [-0.39, 0.29) is 23.4 Å². The largest absolute Gasteiger partial charge is 0.493 e. The topological polar surface area (TPSA) is 72.9 Å². The molecule has 5 rings (SSSR count). The lowest BCUT2D eigenvalue weighted by Gasteiger charge is -2.12. The Morgan fingerprint density at radius 3 is 2.49 bits per heavy atom. The van der Waals surface area contributed by atoms with Crippen LogP contribution in [0.5, 0.6) is 11.5 Å². The lowest BCUT2D eigenvalue weighted by Crippen LogP contribution is -2.27. The molecule has 0 aromatic heterocycles. The van der Waals surface area contributed by atoms with E-state index in [1.165, 1.54) is 12.0 Å². The fourth-order valence-corrected chi connectivity index (χ4v) is 5.08. The van der Waals surface area contributed by atoms with Gasteiger partial charge in [0.25, 0.3) is 11.1 Å². The van der Waals surface area contributed by atoms with Crippen molar-refractivity contribution in [1.29, 1.82) is 0 Å². The first-order valence-electron chi connectivity index (χ1n) is 11.3. The van der Waals surface area contributed by atoms with E-state index in [1.807, 2.05) is 54.6 Å². The number of fused-ring (bicyclic) bond motifs is 1. The van der Waals surface area contributed by atoms with E-state index < -0.39 is 5.97 Å². The second-order valence-electron chi connectivity index (χ2n) is 8.22. The Balaban J connectivity index is 1.39. The van der Waals surface area contributed by atoms with Crippen LogP contribution in [0.2, 0.25) is 0 Å². The van der Waals surface area contributed by atoms with Crippen molar-refractivity contribution in [3.8, 4) is 11.5 Å². The van der Waals surface area contributed by atoms with Gasteiger partial charge in [-0.05, 0) is 70.1 Å². The molecule has 0 atom stereocenters. The Bertz CT molecular complexity index is 1560. The van der Waals surface area contributed by atoms with Crippen LogP contribution in [0.25, 0.3) is 16.8 Å². The summed E-state index contributed by atoms with van der Waals surface area (Å²) in [5, 5.41) is 1.37. The van der Waals surface area contributed by atoms with Crippen LogP contribution in [0.4, 0.5) is 4.79 Å². The highest BCUT2D eigenvalue weighted by atomic mass is 79.9. The van der Waals surface area contributed by atoms with Gasteiger partial charge in [-0.1, -0.05) is 70.5 Å². The molecule has 1 fully saturated rings. The zero-order chi connectivity index (χ0) is 25.9. The molecule has 1 saturated heterocycles. The number of carbonyl (C=O) groups excluding carboxylic acids is 3. The number of esters is 1. The number of hydrogen-bond acceptors (Lipinski definition) is 6. The molecule has 4 aromatic rings. The quantitative estimate of drug-likeness (QED) is 0.139. The second-order valence-corrected chi connectivity index (χ2v) is 10.1. The molecule has 0 aliphatic carbocycles. The van der Waals surface area contributed by atoms with Crippen LogP contribution >= 0.6 is 27.7 Å². The summed E-state index contributed by atoms with van der Waals surface area (Å²) in [6.07, 6.45) is 1.61. The molecule has 4 aromatic carbocycles. The first-order valence-corrected chi connectivity index (χ1v) is 12.9. The Hall–Kier alpha value is -3.88. The minimum Gasteiger partial charge on any atom is -0.493 e. The highest BCUT2D eigenvalue weighted by molar-refractivity contribution is 9.10. The summed E-state index contributed by atoms with van der Waals surface area (Å²) < 4.78 is 12.0. The molecule has 37 heavy (non-hydrogen) atoms. The number of carbonyl (C=O) groups is 3. The lowest BCUT2D eigenvalue weighted by molar-refractivity contribution is -0.123. The second kappa shape index (κ2) is 10.6. The van der Waals surface area contributed by atoms with Crippen LogP contribution in [0.1, 0.15) is 21.5 Å². The van der Waals surface area contributed by atoms with Gasteiger partial charge in [0.2, 0.25) is 0 Å². The predicted molar refractivity (Wildman–Crippen MR) is 148 cm³/mol. The van der Waals surface area contributed by atoms with Crippen LogP contribution in [0.3, 0.4) is 0 Å². The highest BCUT2D eigenvalue weighted by Crippen LogP contribution is 2.36. The van der Waals surface area contributed by atoms with Crippen LogP contribution in [0.15, 0.2) is 94.3 Å². The van der Waals surface area contributed by atoms with Crippen molar-refractivity contribution in [1.82, 2.24) is 4.90 Å². The number of amides is 2. The third kappa shape index (κ3) is 5.30. The molecular formula is C29H20BrNO5S. The Labute approximate surface area is 226 Å². The van der Waals surface area contributed by atoms with E-state index in [2.05, 4.69) is 15.9 Å². The Morgan fingerprint density at radius 1 is 0.946 bits per heavy atom. The normalized spacial score (nSPS) is 14.4. The van der Waals surface area contributed by atoms with Crippen molar-refractivity contribution < 1.29 is 23.9 Å². The smallest absolute Gasteiger partial charge is 0.344 e. The molecule has 1 heterocycles. The average molecular weight is 574 g/mol. The summed E-state index contributed by atoms with van der Waals surface area (Å²) in [7, 11) is 1.48. The number of imide groups is 1. The third-order valence-electron chi connectivity index (χ3n) is 5.83. The maximum Gasteiger partial charge on any atom is 0.344 e. The number of ether oxygens (including phenoxy) is 2. The molecule has 6 nitrogen and oxygen atoms in total. The molecule has 184 valence electrons. The summed E-state index contributed by atoms with van der Waals surface area (Å²) in [6, 6.07) is 25.5. The minimum atomic E-state index is -0.526. The van der Waals surface area contributed by atoms with Crippen LogP contribution < -0.4 is 9.47 Å². The fourth-order valence-electron chi connectivity index (χ4n) is 3.98. The standard InChI is InChI=1S/C29H20BrNO5S/c1-35-24-14-11-19(15-25(24)36-28(33)23-8-4-6-20-5-2-3-7-22(20)23)16-26-27(32)31(29(34)37-26)17-18-9-12-21(30)13-10-18/h2-16H,17H2,1H3/b26-16-. The van der Waals surface area contributed by atoms with Gasteiger partial charge in [0.15, 0.2) is 11.5 Å². The van der Waals surface area contributed by atoms with Crippen molar-refractivity contribution in [2.45, 2.75) is 6.54 Å². The average Bonchev–Trinajstić information content (AvgIpc) is 3.17. The highest BCUT2D eigenvalue weighted by Gasteiger charge is 2.35. The summed E-state index contributed by atoms with van der Waals surface area (Å²) in [6.45, 7) is 0.186. The van der Waals surface area contributed by atoms with Crippen molar-refractivity contribution >= 4 is 61.7 Å². The van der Waals surface area contributed by atoms with Crippen LogP contribution in [-0.2, 0) is 11.3 Å². The SMILES string of the molecule is COc1ccc(/C=C2\SC(=O)N(Cc3ccc(Br)cc3)C2=O)cc1OC(=O)c1cccc2ccccc12. The molecule has 2 amide bonds. The number of hydrogen-bond donors (Lipinski definition) is 0. The van der Waals surface area contributed by atoms with Gasteiger partial charge >= 0.3 is 5.97 Å². The first-order chi connectivity index (χ1) is 17.9. The Morgan fingerprint density at radius 2 is 1.70 bits per heavy atom. The summed E-state index contributed by atoms with van der Waals surface area (Å²) in [5.41, 5.74) is 1.87. The van der Waals surface area contributed by atoms with E-state index in [0.717, 1.165) is 32.6 Å². The lowest BCUT2D eigenvalue weighted by atomic mass is 10.0. The van der Waals surface area contributed by atoms with Gasteiger partial charge in [-0.25, -0.2) is 4.79 Å². The van der Waals surface area contributed by atoms with Crippen molar-refractivity contribution in [2.75, 3.05) is 7.11 Å². The maximum atomic E-state index is 13.1. The molecule has 0 unspecified atom stereocenters. The summed E-state index contributed by atoms with van der Waals surface area (Å²) in [5.74, 6) is -0.317. The predicted octanol–water partition coefficient (Wildman–Crippen LogP) is 7.07. The van der Waals surface area contributed by atoms with Gasteiger partial charge in [0, 0.05) is 4.47 Å². The minimum absolute atomic E-state index is 0.186. The van der Waals surface area contributed by atoms with Crippen LogP contribution in [-0.4, -0.2) is 29.1 Å². The van der Waals surface area contributed by atoms with Crippen molar-refractivity contribution in [3.63, 3.8) is 0 Å². The molecule has 1 aliphatic rings. The molecule has 1 aliphatic heterocycles. The van der Waals surface area contributed by atoms with E-state index in [4.69, 9.17) is 9.47 Å². The van der Waals surface area contributed by atoms with Gasteiger partial charge < -0.3 is 9.47 Å². The van der Waals surface area contributed by atoms with Crippen molar-refractivity contribution in [3.05, 3.63) is 111 Å². The molecule has 0 spiro atoms. The summed E-state index contributed by atoms with van der Waals surface area (Å²) >= 11 is 4.26. The Kier molecular flexibility index (Phi) is 7.12. The number of benzene rings is 4. The molecular weight excluding hydrogens is 554 g/mol. The zero-order valence-electron chi connectivity index (χ0n) is 19.6. The van der Waals surface area contributed by atoms with E-state index in [0.29, 0.717) is 21.8 Å². The number of methoxy groups -OCH3 is 1. The van der Waals surface area contributed by atoms with Crippen LogP contribution in [0, 0.1) is 0 Å². The van der Waals surface area contributed by atoms with Gasteiger partial charge in [-0.3, -0.25) is 14.5 Å². The number of rotatable bonds is 6. The first kappa shape index (κ1) is 24.8. The molecule has 0 radical (unpaired) electrons. The molecule has 0 saturated carbocycles. The van der Waals surface area contributed by atoms with Gasteiger partial charge in [0.05, 0.1) is 24.1 Å². The van der Waals surface area contributed by atoms with Gasteiger partial charge in [0.1, 0.15) is 0 Å². The number of halogens is 1. The fraction of sp³-hybridized carbons (Fsp3) is 0.0690. The van der Waals surface area contributed by atoms with E-state index in [1.54, 1.807) is 36.4 Å². The molecule has 0 N–H and O–H groups in total. The maximum absolute atomic E-state index is 13.1.